The standard InChI is InChI=1S/C39H23NS.C30H22.C27H17N.C26H15NO/c1-2-10-24-21-34-32(19-23(24)9-1)38-33-20-25-11-3-4-12-27(25)37(33)30-14-5-6-15-31(30)39(38)40(34)26-17-18-29-28-13-7-8-16-35(28)41-36(29)22-26;1-30(2)28-21-12-6-3-9-18(21)15-16-24(28)27-25-17-19-10-4-5-11-20(19)26(25)22-13-7-8-14-23(22)29(27)30;1-2-8-17-14-22-18(13-16(17)7-1)15-23-25(22)19-9-3-4-10-20(19)27-26(23)21-11-5-6-12-24(21)28-27;1-2-8-16-15(7-1)13-14-20-22-17-9-3-4-10-18(17)26-23(25(22)27-24(16)20)19-11-5-6-12-21(19)28-26/h1-19,21-22H,20H2;3-16H,17H2,1-2H3;1-14,28H,15H2;1-14,27H. The first-order chi connectivity index (χ1) is 62.8. The highest BCUT2D eigenvalue weighted by Crippen LogP contribution is 2.60. The minimum absolute atomic E-state index is 0.0328. The molecule has 0 fully saturated rings. The third-order valence-electron chi connectivity index (χ3n) is 29.0. The van der Waals surface area contributed by atoms with E-state index in [2.05, 4.69) is 398 Å². The monoisotopic (exact) mass is 1630 g/mol. The Balaban J connectivity index is 0.0000000871. The van der Waals surface area contributed by atoms with Gasteiger partial charge in [0.25, 0.3) is 0 Å². The minimum Gasteiger partial charge on any atom is -0.455 e. The van der Waals surface area contributed by atoms with Gasteiger partial charge in [0, 0.05) is 96.0 Å². The Morgan fingerprint density at radius 3 is 1.54 bits per heavy atom. The van der Waals surface area contributed by atoms with Crippen LogP contribution < -0.4 is 0 Å². The Morgan fingerprint density at radius 1 is 0.276 bits per heavy atom. The highest BCUT2D eigenvalue weighted by molar-refractivity contribution is 7.25. The van der Waals surface area contributed by atoms with Crippen LogP contribution in [-0.4, -0.2) is 14.5 Å². The fourth-order valence-electron chi connectivity index (χ4n) is 23.7. The average Bonchev–Trinajstić information content (AvgIpc) is 1.53. The van der Waals surface area contributed by atoms with Crippen molar-refractivity contribution in [3.63, 3.8) is 0 Å². The second-order valence-corrected chi connectivity index (χ2v) is 37.0. The molecule has 4 nitrogen and oxygen atoms in total. The van der Waals surface area contributed by atoms with Crippen molar-refractivity contribution in [3.05, 3.63) is 427 Å². The number of fused-ring (bicyclic) bond motifs is 49. The largest absolute Gasteiger partial charge is 0.455 e. The molecule has 0 amide bonds. The van der Waals surface area contributed by atoms with Crippen LogP contribution in [0.2, 0.25) is 0 Å². The summed E-state index contributed by atoms with van der Waals surface area (Å²) >= 11 is 1.89. The van der Waals surface area contributed by atoms with Gasteiger partial charge in [0.05, 0.1) is 33.0 Å². The number of rotatable bonds is 1. The molecule has 27 aromatic rings. The summed E-state index contributed by atoms with van der Waals surface area (Å²) in [5, 5.41) is 34.0. The Hall–Kier alpha value is -15.7. The molecule has 5 aromatic heterocycles. The number of hydrogen-bond donors (Lipinski definition) is 2. The fraction of sp³-hybridized carbons (Fsp3) is 0.0492. The highest BCUT2D eigenvalue weighted by Gasteiger charge is 2.43. The van der Waals surface area contributed by atoms with Crippen molar-refractivity contribution in [2.75, 3.05) is 0 Å². The zero-order chi connectivity index (χ0) is 83.2. The van der Waals surface area contributed by atoms with Gasteiger partial charge < -0.3 is 19.0 Å². The van der Waals surface area contributed by atoms with Crippen molar-refractivity contribution in [2.24, 2.45) is 0 Å². The van der Waals surface area contributed by atoms with Crippen molar-refractivity contribution in [1.29, 1.82) is 0 Å². The van der Waals surface area contributed by atoms with E-state index < -0.39 is 0 Å². The number of aromatic nitrogens is 3. The van der Waals surface area contributed by atoms with Crippen molar-refractivity contribution in [2.45, 2.75) is 38.5 Å². The zero-order valence-electron chi connectivity index (χ0n) is 69.8. The average molecular weight is 1630 g/mol. The van der Waals surface area contributed by atoms with Crippen molar-refractivity contribution in [3.8, 4) is 50.2 Å². The number of H-pyrrole nitrogens is 2. The molecular formula is C122H77N3OS. The van der Waals surface area contributed by atoms with Gasteiger partial charge in [-0.2, -0.15) is 0 Å². The van der Waals surface area contributed by atoms with Crippen LogP contribution in [0, 0.1) is 0 Å². The van der Waals surface area contributed by atoms with Crippen LogP contribution in [0.4, 0.5) is 0 Å². The van der Waals surface area contributed by atoms with Crippen LogP contribution in [-0.2, 0) is 24.7 Å². The molecule has 0 saturated carbocycles. The van der Waals surface area contributed by atoms with Gasteiger partial charge >= 0.3 is 0 Å². The molecule has 4 aliphatic carbocycles. The molecule has 0 spiro atoms. The van der Waals surface area contributed by atoms with E-state index in [4.69, 9.17) is 4.42 Å². The Bertz CT molecular complexity index is 9570. The van der Waals surface area contributed by atoms with E-state index in [0.29, 0.717) is 0 Å². The van der Waals surface area contributed by atoms with Gasteiger partial charge in [0.15, 0.2) is 0 Å². The molecular weight excluding hydrogens is 1560 g/mol. The summed E-state index contributed by atoms with van der Waals surface area (Å²) in [5.74, 6) is 0. The molecule has 31 rings (SSSR count). The van der Waals surface area contributed by atoms with Crippen LogP contribution >= 0.6 is 11.3 Å². The molecule has 5 heteroatoms. The lowest BCUT2D eigenvalue weighted by atomic mass is 9.77. The Kier molecular flexibility index (Phi) is 14.9. The Labute approximate surface area is 734 Å². The van der Waals surface area contributed by atoms with Crippen LogP contribution in [0.1, 0.15) is 58.4 Å². The molecule has 4 aliphatic rings. The quantitative estimate of drug-likeness (QED) is 0.169. The first kappa shape index (κ1) is 70.8. The van der Waals surface area contributed by atoms with Crippen LogP contribution in [0.5, 0.6) is 0 Å². The number of hydrogen-bond acceptors (Lipinski definition) is 2. The van der Waals surface area contributed by atoms with E-state index in [1.165, 1.54) is 261 Å². The van der Waals surface area contributed by atoms with Gasteiger partial charge in [-0.05, 0) is 221 Å². The molecule has 0 unspecified atom stereocenters. The van der Waals surface area contributed by atoms with E-state index in [1.54, 1.807) is 0 Å². The maximum Gasteiger partial charge on any atom is 0.145 e. The predicted molar refractivity (Wildman–Crippen MR) is 541 cm³/mol. The second kappa shape index (κ2) is 26.7. The summed E-state index contributed by atoms with van der Waals surface area (Å²) in [6.45, 7) is 4.84. The summed E-state index contributed by atoms with van der Waals surface area (Å²) in [6, 6.07) is 140. The number of furan rings is 1. The van der Waals surface area contributed by atoms with E-state index in [-0.39, 0.29) is 5.41 Å². The molecule has 127 heavy (non-hydrogen) atoms. The van der Waals surface area contributed by atoms with Gasteiger partial charge in [0.2, 0.25) is 0 Å². The van der Waals surface area contributed by atoms with Gasteiger partial charge in [-0.1, -0.05) is 347 Å². The first-order valence-corrected chi connectivity index (χ1v) is 45.3. The third kappa shape index (κ3) is 10.1. The van der Waals surface area contributed by atoms with Gasteiger partial charge in [-0.25, -0.2) is 0 Å². The minimum atomic E-state index is -0.0328. The summed E-state index contributed by atoms with van der Waals surface area (Å²) in [5.41, 5.74) is 33.7. The van der Waals surface area contributed by atoms with E-state index >= 15 is 0 Å². The highest BCUT2D eigenvalue weighted by atomic mass is 32.1. The summed E-state index contributed by atoms with van der Waals surface area (Å²) in [4.78, 5) is 7.48. The molecule has 0 aliphatic heterocycles. The van der Waals surface area contributed by atoms with Gasteiger partial charge in [0.1, 0.15) is 11.2 Å². The summed E-state index contributed by atoms with van der Waals surface area (Å²) < 4.78 is 11.6. The number of benzene rings is 22. The zero-order valence-corrected chi connectivity index (χ0v) is 70.6. The molecule has 0 saturated heterocycles. The molecule has 22 aromatic carbocycles. The van der Waals surface area contributed by atoms with Crippen molar-refractivity contribution < 1.29 is 4.42 Å². The topological polar surface area (TPSA) is 49.6 Å². The number of aromatic amines is 2. The molecule has 592 valence electrons. The first-order valence-electron chi connectivity index (χ1n) is 44.5. The smallest absolute Gasteiger partial charge is 0.145 e. The molecule has 2 N–H and O–H groups in total. The van der Waals surface area contributed by atoms with Crippen molar-refractivity contribution in [1.82, 2.24) is 14.5 Å². The van der Waals surface area contributed by atoms with Crippen LogP contribution in [0.3, 0.4) is 0 Å². The fourth-order valence-corrected chi connectivity index (χ4v) is 24.9. The van der Waals surface area contributed by atoms with E-state index in [1.807, 2.05) is 23.5 Å². The van der Waals surface area contributed by atoms with Crippen LogP contribution in [0.25, 0.3) is 244 Å². The lowest BCUT2D eigenvalue weighted by Gasteiger charge is -2.25. The van der Waals surface area contributed by atoms with Gasteiger partial charge in [-0.3, -0.25) is 0 Å². The third-order valence-corrected chi connectivity index (χ3v) is 30.1. The second-order valence-electron chi connectivity index (χ2n) is 35.9. The van der Waals surface area contributed by atoms with Gasteiger partial charge in [-0.15, -0.1) is 11.3 Å². The summed E-state index contributed by atoms with van der Waals surface area (Å²) in [7, 11) is 0. The molecule has 0 radical (unpaired) electrons. The number of nitrogens with one attached hydrogen (secondary N) is 2. The lowest BCUT2D eigenvalue weighted by Crippen LogP contribution is -2.16. The van der Waals surface area contributed by atoms with Crippen molar-refractivity contribution >= 4 is 205 Å². The van der Waals surface area contributed by atoms with E-state index in [9.17, 15) is 0 Å². The number of nitrogens with zero attached hydrogens (tertiary/aromatic N) is 1. The lowest BCUT2D eigenvalue weighted by molar-refractivity contribution is 0.672. The molecule has 5 heterocycles. The maximum atomic E-state index is 6.34. The molecule has 0 atom stereocenters. The summed E-state index contributed by atoms with van der Waals surface area (Å²) in [6.07, 6.45) is 2.99. The SMILES string of the molecule is CC1(C)c2c(ccc3ccccc23)-c2c3c(c4ccccc4c21)-c1ccccc1C3.c1ccc2c(c1)Cc1c-2c2ccccc2c2c1c1cc3ccccc3cc1n2-c1ccc2c(c1)sc1ccccc12.c1ccc2c(c1)ccc1c2[nH]c2c1c1ccccc1c1oc3ccccc3c21.c1ccc2cc3c(cc2c1)Cc1c-3c2ccccc2c2[nH]c3ccccc3c12. The Morgan fingerprint density at radius 2 is 0.787 bits per heavy atom. The van der Waals surface area contributed by atoms with E-state index in [0.717, 1.165) is 46.7 Å². The molecule has 0 bridgehead atoms. The number of para-hydroxylation sites is 2. The number of thiophene rings is 1. The predicted octanol–water partition coefficient (Wildman–Crippen LogP) is 33.6. The van der Waals surface area contributed by atoms with Crippen LogP contribution in [0.15, 0.2) is 387 Å². The maximum absolute atomic E-state index is 6.34. The normalized spacial score (nSPS) is 13.2.